The Morgan fingerprint density at radius 1 is 1.07 bits per heavy atom. The van der Waals surface area contributed by atoms with Crippen molar-refractivity contribution in [2.75, 3.05) is 11.4 Å². The van der Waals surface area contributed by atoms with Gasteiger partial charge in [-0.3, -0.25) is 13.9 Å². The molecule has 1 N–H and O–H groups in total. The summed E-state index contributed by atoms with van der Waals surface area (Å²) in [6, 6.07) is 18.0. The fourth-order valence-corrected chi connectivity index (χ4v) is 4.03. The largest absolute Gasteiger partial charge is 0.276 e. The van der Waals surface area contributed by atoms with Gasteiger partial charge in [-0.05, 0) is 48.0 Å². The molecule has 1 amide bonds. The van der Waals surface area contributed by atoms with Gasteiger partial charge in [-0.2, -0.15) is 0 Å². The van der Waals surface area contributed by atoms with Gasteiger partial charge in [0.25, 0.3) is 15.9 Å². The molecular weight excluding hydrogens is 431 g/mol. The van der Waals surface area contributed by atoms with Crippen LogP contribution < -0.4 is 9.79 Å². The highest BCUT2D eigenvalue weighted by atomic mass is 35.5. The van der Waals surface area contributed by atoms with Gasteiger partial charge in [0.1, 0.15) is 5.82 Å². The third-order valence-electron chi connectivity index (χ3n) is 4.28. The van der Waals surface area contributed by atoms with Crippen molar-refractivity contribution in [1.82, 2.24) is 5.48 Å². The van der Waals surface area contributed by atoms with Crippen LogP contribution in [0, 0.1) is 5.82 Å². The number of halogens is 2. The summed E-state index contributed by atoms with van der Waals surface area (Å²) in [6.45, 7) is 0.134. The number of nitrogens with one attached hydrogen (secondary N) is 1. The average Bonchev–Trinajstić information content (AvgIpc) is 2.74. The number of nitrogens with zero attached hydrogens (tertiary/aromatic N) is 1. The summed E-state index contributed by atoms with van der Waals surface area (Å²) in [6.07, 6.45) is 0. The van der Waals surface area contributed by atoms with Gasteiger partial charge < -0.3 is 0 Å². The van der Waals surface area contributed by atoms with Crippen molar-refractivity contribution in [1.29, 1.82) is 0 Å². The molecule has 0 aliphatic rings. The van der Waals surface area contributed by atoms with Gasteiger partial charge in [-0.1, -0.05) is 41.9 Å². The first-order valence-corrected chi connectivity index (χ1v) is 10.6. The fourth-order valence-electron chi connectivity index (χ4n) is 2.60. The molecule has 0 atom stereocenters. The van der Waals surface area contributed by atoms with Gasteiger partial charge in [-0.15, -0.1) is 0 Å². The molecule has 0 aliphatic carbocycles. The van der Waals surface area contributed by atoms with Crippen molar-refractivity contribution < 1.29 is 22.4 Å². The van der Waals surface area contributed by atoms with Crippen LogP contribution in [0.1, 0.15) is 15.9 Å². The molecule has 0 bridgehead atoms. The minimum atomic E-state index is -4.01. The van der Waals surface area contributed by atoms with E-state index in [4.69, 9.17) is 16.4 Å². The molecule has 0 radical (unpaired) electrons. The number of benzene rings is 3. The van der Waals surface area contributed by atoms with Gasteiger partial charge in [0.05, 0.1) is 27.8 Å². The zero-order valence-corrected chi connectivity index (χ0v) is 17.5. The number of hydroxylamine groups is 1. The zero-order chi connectivity index (χ0) is 21.7. The molecule has 0 saturated carbocycles. The normalized spacial score (nSPS) is 11.2. The van der Waals surface area contributed by atoms with Crippen LogP contribution in [0.15, 0.2) is 77.7 Å². The molecule has 0 heterocycles. The van der Waals surface area contributed by atoms with Gasteiger partial charge in [0.15, 0.2) is 0 Å². The molecule has 3 aromatic rings. The maximum atomic E-state index is 13.1. The molecule has 6 nitrogen and oxygen atoms in total. The fraction of sp³-hybridized carbons (Fsp3) is 0.0952. The van der Waals surface area contributed by atoms with E-state index in [-0.39, 0.29) is 27.8 Å². The Labute approximate surface area is 178 Å². The van der Waals surface area contributed by atoms with Crippen LogP contribution in [0.25, 0.3) is 0 Å². The first kappa shape index (κ1) is 21.8. The molecule has 156 valence electrons. The molecule has 30 heavy (non-hydrogen) atoms. The van der Waals surface area contributed by atoms with E-state index in [1.54, 1.807) is 0 Å². The smallest absolute Gasteiger partial charge is 0.269 e. The average molecular weight is 449 g/mol. The summed E-state index contributed by atoms with van der Waals surface area (Å²) in [7, 11) is -2.68. The highest BCUT2D eigenvalue weighted by Crippen LogP contribution is 2.26. The second-order valence-corrected chi connectivity index (χ2v) is 8.67. The van der Waals surface area contributed by atoms with Gasteiger partial charge in [0.2, 0.25) is 0 Å². The highest BCUT2D eigenvalue weighted by molar-refractivity contribution is 7.92. The van der Waals surface area contributed by atoms with Gasteiger partial charge >= 0.3 is 0 Å². The molecule has 3 rings (SSSR count). The summed E-state index contributed by atoms with van der Waals surface area (Å²) in [5.74, 6) is -1.16. The lowest BCUT2D eigenvalue weighted by Gasteiger charge is -2.20. The number of amides is 1. The van der Waals surface area contributed by atoms with E-state index < -0.39 is 21.7 Å². The summed E-state index contributed by atoms with van der Waals surface area (Å²) in [5.41, 5.74) is 3.32. The third-order valence-corrected chi connectivity index (χ3v) is 6.39. The Hall–Kier alpha value is -2.94. The van der Waals surface area contributed by atoms with Crippen molar-refractivity contribution in [3.8, 4) is 0 Å². The van der Waals surface area contributed by atoms with Crippen molar-refractivity contribution in [2.45, 2.75) is 11.5 Å². The number of hydrogen-bond donors (Lipinski definition) is 1. The molecule has 0 saturated heterocycles. The van der Waals surface area contributed by atoms with E-state index in [1.807, 2.05) is 30.3 Å². The zero-order valence-electron chi connectivity index (χ0n) is 15.9. The summed E-state index contributed by atoms with van der Waals surface area (Å²) < 4.78 is 40.0. The summed E-state index contributed by atoms with van der Waals surface area (Å²) in [5, 5.41) is 0.0687. The van der Waals surface area contributed by atoms with E-state index in [0.717, 1.165) is 22.0 Å². The summed E-state index contributed by atoms with van der Waals surface area (Å²) >= 11 is 6.08. The van der Waals surface area contributed by atoms with Crippen molar-refractivity contribution in [2.24, 2.45) is 0 Å². The number of rotatable bonds is 7. The molecular formula is C21H18ClFN2O4S. The van der Waals surface area contributed by atoms with E-state index >= 15 is 0 Å². The van der Waals surface area contributed by atoms with Crippen LogP contribution in [0.3, 0.4) is 0 Å². The number of anilines is 1. The van der Waals surface area contributed by atoms with Gasteiger partial charge in [0, 0.05) is 7.05 Å². The Morgan fingerprint density at radius 3 is 2.40 bits per heavy atom. The van der Waals surface area contributed by atoms with Crippen molar-refractivity contribution in [3.05, 3.63) is 94.8 Å². The first-order valence-electron chi connectivity index (χ1n) is 8.79. The van der Waals surface area contributed by atoms with E-state index in [9.17, 15) is 17.6 Å². The van der Waals surface area contributed by atoms with Crippen molar-refractivity contribution >= 4 is 33.2 Å². The van der Waals surface area contributed by atoms with Crippen LogP contribution in [-0.4, -0.2) is 21.4 Å². The molecule has 0 aromatic heterocycles. The lowest BCUT2D eigenvalue weighted by Crippen LogP contribution is -2.28. The lowest BCUT2D eigenvalue weighted by molar-refractivity contribution is 0.0233. The van der Waals surface area contributed by atoms with Crippen LogP contribution >= 0.6 is 11.6 Å². The minimum absolute atomic E-state index is 0.0571. The number of carbonyl (C=O) groups is 1. The maximum absolute atomic E-state index is 13.1. The first-order chi connectivity index (χ1) is 14.3. The quantitative estimate of drug-likeness (QED) is 0.550. The van der Waals surface area contributed by atoms with E-state index in [2.05, 4.69) is 5.48 Å². The molecule has 0 spiro atoms. The maximum Gasteiger partial charge on any atom is 0.276 e. The van der Waals surface area contributed by atoms with E-state index in [0.29, 0.717) is 0 Å². The number of sulfonamides is 1. The standard InChI is InChI=1S/C21H18ClFN2O4S/c1-25(17-9-7-16(23)8-10-17)30(27,28)18-11-12-20(22)19(13-18)21(26)24-29-14-15-5-3-2-4-6-15/h2-13H,14H2,1H3,(H,24,26). The molecule has 0 aliphatic heterocycles. The van der Waals surface area contributed by atoms with Crippen molar-refractivity contribution in [3.63, 3.8) is 0 Å². The van der Waals surface area contributed by atoms with Gasteiger partial charge in [-0.25, -0.2) is 18.3 Å². The highest BCUT2D eigenvalue weighted by Gasteiger charge is 2.24. The molecule has 0 unspecified atom stereocenters. The SMILES string of the molecule is CN(c1ccc(F)cc1)S(=O)(=O)c1ccc(Cl)c(C(=O)NOCc2ccccc2)c1. The van der Waals surface area contributed by atoms with Crippen LogP contribution in [0.5, 0.6) is 0 Å². The monoisotopic (exact) mass is 448 g/mol. The summed E-state index contributed by atoms with van der Waals surface area (Å²) in [4.78, 5) is 17.5. The topological polar surface area (TPSA) is 75.7 Å². The Bertz CT molecular complexity index is 1140. The second kappa shape index (κ2) is 9.25. The molecule has 3 aromatic carbocycles. The van der Waals surface area contributed by atoms with Crippen LogP contribution in [0.4, 0.5) is 10.1 Å². The third kappa shape index (κ3) is 4.96. The minimum Gasteiger partial charge on any atom is -0.269 e. The predicted molar refractivity (Wildman–Crippen MR) is 112 cm³/mol. The van der Waals surface area contributed by atoms with Crippen LogP contribution in [0.2, 0.25) is 5.02 Å². The lowest BCUT2D eigenvalue weighted by atomic mass is 10.2. The predicted octanol–water partition coefficient (Wildman–Crippen LogP) is 4.17. The molecule has 9 heteroatoms. The van der Waals surface area contributed by atoms with E-state index in [1.165, 1.54) is 37.4 Å². The Morgan fingerprint density at radius 2 is 1.73 bits per heavy atom. The Kier molecular flexibility index (Phi) is 6.71. The van der Waals surface area contributed by atoms with Crippen LogP contribution in [-0.2, 0) is 21.5 Å². The Balaban J connectivity index is 1.78. The second-order valence-electron chi connectivity index (χ2n) is 6.30. The number of carbonyl (C=O) groups excluding carboxylic acids is 1. The molecule has 0 fully saturated rings. The number of hydrogen-bond acceptors (Lipinski definition) is 4.